The van der Waals surface area contributed by atoms with E-state index in [4.69, 9.17) is 12.2 Å². The molecule has 1 aromatic rings. The summed E-state index contributed by atoms with van der Waals surface area (Å²) in [7, 11) is 4.16. The zero-order valence-electron chi connectivity index (χ0n) is 11.2. The van der Waals surface area contributed by atoms with E-state index in [1.807, 2.05) is 6.92 Å². The average molecular weight is 283 g/mol. The van der Waals surface area contributed by atoms with Gasteiger partial charge in [0, 0.05) is 18.0 Å². The lowest BCUT2D eigenvalue weighted by Crippen LogP contribution is -2.40. The molecule has 0 amide bonds. The second kappa shape index (κ2) is 7.51. The van der Waals surface area contributed by atoms with E-state index in [1.165, 1.54) is 4.88 Å². The van der Waals surface area contributed by atoms with Gasteiger partial charge in [-0.15, -0.1) is 11.3 Å². The van der Waals surface area contributed by atoms with Crippen molar-refractivity contribution in [3.8, 4) is 0 Å². The fourth-order valence-electron chi connectivity index (χ4n) is 1.50. The van der Waals surface area contributed by atoms with Crippen LogP contribution in [0.15, 0.2) is 29.7 Å². The maximum atomic E-state index is 5.23. The molecule has 0 aliphatic rings. The van der Waals surface area contributed by atoms with E-state index in [2.05, 4.69) is 53.7 Å². The van der Waals surface area contributed by atoms with Crippen molar-refractivity contribution in [3.63, 3.8) is 0 Å². The molecule has 1 aromatic heterocycles. The van der Waals surface area contributed by atoms with Crippen LogP contribution in [0.1, 0.15) is 17.8 Å². The quantitative estimate of drug-likeness (QED) is 0.619. The Morgan fingerprint density at radius 1 is 1.50 bits per heavy atom. The first-order chi connectivity index (χ1) is 8.50. The van der Waals surface area contributed by atoms with Crippen molar-refractivity contribution < 1.29 is 0 Å². The average Bonchev–Trinajstić information content (AvgIpc) is 2.79. The Labute approximate surface area is 119 Å². The molecule has 5 heteroatoms. The van der Waals surface area contributed by atoms with Crippen LogP contribution >= 0.6 is 23.6 Å². The van der Waals surface area contributed by atoms with Gasteiger partial charge >= 0.3 is 0 Å². The summed E-state index contributed by atoms with van der Waals surface area (Å²) in [6.45, 7) is 7.33. The van der Waals surface area contributed by atoms with Crippen LogP contribution in [0.4, 0.5) is 0 Å². The van der Waals surface area contributed by atoms with Crippen molar-refractivity contribution >= 4 is 28.7 Å². The zero-order valence-corrected chi connectivity index (χ0v) is 12.8. The first-order valence-corrected chi connectivity index (χ1v) is 7.15. The standard InChI is InChI=1S/C13H21N3S2/c1-10(2)8-14-13(17)15-9-11(16(3)4)12-6-5-7-18-12/h5-7,11H,1,8-9H2,2-4H3,(H2,14,15,17). The third-order valence-corrected chi connectivity index (χ3v) is 3.76. The van der Waals surface area contributed by atoms with Crippen molar-refractivity contribution in [2.24, 2.45) is 0 Å². The molecule has 0 saturated carbocycles. The van der Waals surface area contributed by atoms with Gasteiger partial charge in [0.25, 0.3) is 0 Å². The van der Waals surface area contributed by atoms with Crippen molar-refractivity contribution in [2.75, 3.05) is 27.2 Å². The number of thiocarbonyl (C=S) groups is 1. The van der Waals surface area contributed by atoms with Crippen LogP contribution in [0.25, 0.3) is 0 Å². The number of hydrogen-bond donors (Lipinski definition) is 2. The van der Waals surface area contributed by atoms with E-state index < -0.39 is 0 Å². The highest BCUT2D eigenvalue weighted by molar-refractivity contribution is 7.80. The van der Waals surface area contributed by atoms with Gasteiger partial charge < -0.3 is 15.5 Å². The van der Waals surface area contributed by atoms with Crippen LogP contribution < -0.4 is 10.6 Å². The summed E-state index contributed by atoms with van der Waals surface area (Å²) in [5, 5.41) is 9.16. The van der Waals surface area contributed by atoms with E-state index in [-0.39, 0.29) is 0 Å². The Balaban J connectivity index is 2.44. The number of hydrogen-bond acceptors (Lipinski definition) is 3. The number of likely N-dealkylation sites (N-methyl/N-ethyl adjacent to an activating group) is 1. The first kappa shape index (κ1) is 15.1. The number of nitrogens with one attached hydrogen (secondary N) is 2. The second-order valence-corrected chi connectivity index (χ2v) is 5.90. The van der Waals surface area contributed by atoms with Crippen molar-refractivity contribution in [1.29, 1.82) is 0 Å². The molecule has 1 atom stereocenters. The Bertz CT molecular complexity index is 385. The van der Waals surface area contributed by atoms with Gasteiger partial charge in [0.1, 0.15) is 0 Å². The van der Waals surface area contributed by atoms with Gasteiger partial charge in [-0.25, -0.2) is 0 Å². The molecule has 18 heavy (non-hydrogen) atoms. The van der Waals surface area contributed by atoms with Gasteiger partial charge in [-0.05, 0) is 44.7 Å². The van der Waals surface area contributed by atoms with Crippen LogP contribution in [0.5, 0.6) is 0 Å². The Kier molecular flexibility index (Phi) is 6.32. The molecule has 2 N–H and O–H groups in total. The van der Waals surface area contributed by atoms with E-state index in [1.54, 1.807) is 11.3 Å². The molecule has 0 aromatic carbocycles. The lowest BCUT2D eigenvalue weighted by atomic mass is 10.2. The molecule has 0 aliphatic carbocycles. The SMILES string of the molecule is C=C(C)CNC(=S)NCC(c1cccs1)N(C)C. The van der Waals surface area contributed by atoms with Gasteiger partial charge in [-0.3, -0.25) is 0 Å². The summed E-state index contributed by atoms with van der Waals surface area (Å²) in [6, 6.07) is 4.57. The third kappa shape index (κ3) is 5.16. The van der Waals surface area contributed by atoms with Gasteiger partial charge in [0.15, 0.2) is 5.11 Å². The van der Waals surface area contributed by atoms with Crippen LogP contribution in [-0.4, -0.2) is 37.2 Å². The number of nitrogens with zero attached hydrogens (tertiary/aromatic N) is 1. The van der Waals surface area contributed by atoms with E-state index in [0.717, 1.165) is 18.7 Å². The summed E-state index contributed by atoms with van der Waals surface area (Å²) < 4.78 is 0. The molecule has 0 fully saturated rings. The molecule has 1 heterocycles. The topological polar surface area (TPSA) is 27.3 Å². The molecule has 0 bridgehead atoms. The second-order valence-electron chi connectivity index (χ2n) is 4.52. The van der Waals surface area contributed by atoms with Gasteiger partial charge in [-0.1, -0.05) is 18.2 Å². The molecule has 0 aliphatic heterocycles. The Morgan fingerprint density at radius 3 is 2.72 bits per heavy atom. The smallest absolute Gasteiger partial charge is 0.166 e. The first-order valence-electron chi connectivity index (χ1n) is 5.86. The summed E-state index contributed by atoms with van der Waals surface area (Å²) in [6.07, 6.45) is 0. The lowest BCUT2D eigenvalue weighted by molar-refractivity contribution is 0.303. The zero-order chi connectivity index (χ0) is 13.5. The maximum absolute atomic E-state index is 5.23. The van der Waals surface area contributed by atoms with E-state index in [9.17, 15) is 0 Å². The van der Waals surface area contributed by atoms with Crippen LogP contribution in [0.2, 0.25) is 0 Å². The maximum Gasteiger partial charge on any atom is 0.166 e. The minimum Gasteiger partial charge on any atom is -0.361 e. The molecule has 3 nitrogen and oxygen atoms in total. The minimum atomic E-state index is 0.342. The highest BCUT2D eigenvalue weighted by Crippen LogP contribution is 2.22. The van der Waals surface area contributed by atoms with Crippen LogP contribution in [0.3, 0.4) is 0 Å². The summed E-state index contributed by atoms with van der Waals surface area (Å²) >= 11 is 7.00. The Morgan fingerprint density at radius 2 is 2.22 bits per heavy atom. The van der Waals surface area contributed by atoms with Crippen LogP contribution in [-0.2, 0) is 0 Å². The van der Waals surface area contributed by atoms with Gasteiger partial charge in [-0.2, -0.15) is 0 Å². The van der Waals surface area contributed by atoms with Crippen molar-refractivity contribution in [3.05, 3.63) is 34.5 Å². The lowest BCUT2D eigenvalue weighted by Gasteiger charge is -2.24. The van der Waals surface area contributed by atoms with E-state index in [0.29, 0.717) is 11.2 Å². The highest BCUT2D eigenvalue weighted by atomic mass is 32.1. The predicted octanol–water partition coefficient (Wildman–Crippen LogP) is 2.39. The number of rotatable bonds is 6. The largest absolute Gasteiger partial charge is 0.361 e. The third-order valence-electron chi connectivity index (χ3n) is 2.50. The molecule has 1 rings (SSSR count). The van der Waals surface area contributed by atoms with E-state index >= 15 is 0 Å². The van der Waals surface area contributed by atoms with Gasteiger partial charge in [0.2, 0.25) is 0 Å². The van der Waals surface area contributed by atoms with Crippen molar-refractivity contribution in [2.45, 2.75) is 13.0 Å². The molecule has 0 radical (unpaired) electrons. The minimum absolute atomic E-state index is 0.342. The van der Waals surface area contributed by atoms with Crippen LogP contribution in [0, 0.1) is 0 Å². The molecule has 1 unspecified atom stereocenters. The molecular formula is C13H21N3S2. The summed E-state index contributed by atoms with van der Waals surface area (Å²) in [5.74, 6) is 0. The Hall–Kier alpha value is -0.910. The molecule has 100 valence electrons. The monoisotopic (exact) mass is 283 g/mol. The fourth-order valence-corrected chi connectivity index (χ4v) is 2.58. The predicted molar refractivity (Wildman–Crippen MR) is 84.2 cm³/mol. The molecule has 0 spiro atoms. The molecular weight excluding hydrogens is 262 g/mol. The summed E-state index contributed by atoms with van der Waals surface area (Å²) in [4.78, 5) is 3.54. The van der Waals surface area contributed by atoms with Crippen molar-refractivity contribution in [1.82, 2.24) is 15.5 Å². The molecule has 0 saturated heterocycles. The highest BCUT2D eigenvalue weighted by Gasteiger charge is 2.14. The summed E-state index contributed by atoms with van der Waals surface area (Å²) in [5.41, 5.74) is 1.07. The normalized spacial score (nSPS) is 12.2. The number of thiophene rings is 1. The fraction of sp³-hybridized carbons (Fsp3) is 0.462. The van der Waals surface area contributed by atoms with Gasteiger partial charge in [0.05, 0.1) is 6.04 Å².